The van der Waals surface area contributed by atoms with Crippen LogP contribution < -0.4 is 5.32 Å². The van der Waals surface area contributed by atoms with Gasteiger partial charge in [0, 0.05) is 26.8 Å². The van der Waals surface area contributed by atoms with Crippen molar-refractivity contribution in [2.75, 3.05) is 26.0 Å². The van der Waals surface area contributed by atoms with E-state index in [0.29, 0.717) is 11.4 Å². The van der Waals surface area contributed by atoms with Gasteiger partial charge >= 0.3 is 5.97 Å². The Labute approximate surface area is 112 Å². The molecule has 6 nitrogen and oxygen atoms in total. The number of carboxylic acid groups (broad SMARTS) is 1. The summed E-state index contributed by atoms with van der Waals surface area (Å²) in [6, 6.07) is 3.32. The molecule has 1 aromatic rings. The van der Waals surface area contributed by atoms with Crippen LogP contribution in [0.15, 0.2) is 18.3 Å². The quantitative estimate of drug-likeness (QED) is 0.838. The molecule has 0 fully saturated rings. The second-order valence-electron chi connectivity index (χ2n) is 5.17. The number of hydrogen-bond donors (Lipinski definition) is 2. The Bertz CT molecular complexity index is 467. The SMILES string of the molecule is CN(C)C(=O)c1ccc(NCC(C)(C)C(=O)O)nc1. The van der Waals surface area contributed by atoms with Crippen LogP contribution >= 0.6 is 0 Å². The first kappa shape index (κ1) is 14.9. The van der Waals surface area contributed by atoms with Gasteiger partial charge in [-0.25, -0.2) is 4.98 Å². The molecule has 0 saturated heterocycles. The van der Waals surface area contributed by atoms with Crippen LogP contribution in [0.1, 0.15) is 24.2 Å². The summed E-state index contributed by atoms with van der Waals surface area (Å²) >= 11 is 0. The Morgan fingerprint density at radius 3 is 2.42 bits per heavy atom. The highest BCUT2D eigenvalue weighted by Crippen LogP contribution is 2.16. The average Bonchev–Trinajstić information content (AvgIpc) is 2.36. The number of carboxylic acids is 1. The van der Waals surface area contributed by atoms with Gasteiger partial charge in [-0.15, -0.1) is 0 Å². The molecule has 104 valence electrons. The van der Waals surface area contributed by atoms with Crippen LogP contribution in [0.2, 0.25) is 0 Å². The van der Waals surface area contributed by atoms with E-state index in [9.17, 15) is 9.59 Å². The molecule has 2 N–H and O–H groups in total. The van der Waals surface area contributed by atoms with Crippen molar-refractivity contribution >= 4 is 17.7 Å². The Morgan fingerprint density at radius 2 is 2.00 bits per heavy atom. The number of carbonyl (C=O) groups is 2. The molecule has 6 heteroatoms. The lowest BCUT2D eigenvalue weighted by Gasteiger charge is -2.19. The van der Waals surface area contributed by atoms with Gasteiger partial charge in [-0.05, 0) is 26.0 Å². The highest BCUT2D eigenvalue weighted by Gasteiger charge is 2.26. The molecule has 0 aliphatic rings. The summed E-state index contributed by atoms with van der Waals surface area (Å²) in [7, 11) is 3.34. The summed E-state index contributed by atoms with van der Waals surface area (Å²) in [5.41, 5.74) is -0.382. The summed E-state index contributed by atoms with van der Waals surface area (Å²) < 4.78 is 0. The van der Waals surface area contributed by atoms with E-state index in [-0.39, 0.29) is 12.5 Å². The molecule has 1 rings (SSSR count). The number of hydrogen-bond acceptors (Lipinski definition) is 4. The third-order valence-electron chi connectivity index (χ3n) is 2.71. The molecule has 0 saturated carbocycles. The number of carbonyl (C=O) groups excluding carboxylic acids is 1. The van der Waals surface area contributed by atoms with E-state index < -0.39 is 11.4 Å². The first-order chi connectivity index (χ1) is 8.74. The molecule has 1 aromatic heterocycles. The molecule has 19 heavy (non-hydrogen) atoms. The van der Waals surface area contributed by atoms with Gasteiger partial charge in [0.2, 0.25) is 0 Å². The largest absolute Gasteiger partial charge is 0.481 e. The van der Waals surface area contributed by atoms with E-state index in [2.05, 4.69) is 10.3 Å². The second-order valence-corrected chi connectivity index (χ2v) is 5.17. The van der Waals surface area contributed by atoms with E-state index in [1.807, 2.05) is 0 Å². The van der Waals surface area contributed by atoms with Crippen LogP contribution in [0.3, 0.4) is 0 Å². The number of amides is 1. The minimum atomic E-state index is -0.876. The average molecular weight is 265 g/mol. The maximum absolute atomic E-state index is 11.6. The zero-order chi connectivity index (χ0) is 14.6. The highest BCUT2D eigenvalue weighted by molar-refractivity contribution is 5.93. The Hall–Kier alpha value is -2.11. The number of nitrogens with zero attached hydrogens (tertiary/aromatic N) is 2. The minimum Gasteiger partial charge on any atom is -0.481 e. The van der Waals surface area contributed by atoms with Crippen LogP contribution in [0.5, 0.6) is 0 Å². The van der Waals surface area contributed by atoms with E-state index >= 15 is 0 Å². The van der Waals surface area contributed by atoms with Crippen molar-refractivity contribution < 1.29 is 14.7 Å². The third-order valence-corrected chi connectivity index (χ3v) is 2.71. The highest BCUT2D eigenvalue weighted by atomic mass is 16.4. The van der Waals surface area contributed by atoms with E-state index in [4.69, 9.17) is 5.11 Å². The number of aromatic nitrogens is 1. The monoisotopic (exact) mass is 265 g/mol. The minimum absolute atomic E-state index is 0.120. The van der Waals surface area contributed by atoms with Gasteiger partial charge in [0.25, 0.3) is 5.91 Å². The molecule has 0 atom stereocenters. The normalized spacial score (nSPS) is 10.9. The Kier molecular flexibility index (Phi) is 4.47. The van der Waals surface area contributed by atoms with E-state index in [0.717, 1.165) is 0 Å². The summed E-state index contributed by atoms with van der Waals surface area (Å²) in [4.78, 5) is 28.2. The van der Waals surface area contributed by atoms with Gasteiger partial charge in [-0.2, -0.15) is 0 Å². The van der Waals surface area contributed by atoms with Crippen LogP contribution in [-0.2, 0) is 4.79 Å². The molecular weight excluding hydrogens is 246 g/mol. The summed E-state index contributed by atoms with van der Waals surface area (Å²) in [6.45, 7) is 3.52. The van der Waals surface area contributed by atoms with E-state index in [1.165, 1.54) is 11.1 Å². The van der Waals surface area contributed by atoms with Crippen molar-refractivity contribution in [3.63, 3.8) is 0 Å². The van der Waals surface area contributed by atoms with Crippen molar-refractivity contribution in [3.8, 4) is 0 Å². The van der Waals surface area contributed by atoms with Crippen molar-refractivity contribution in [1.29, 1.82) is 0 Å². The lowest BCUT2D eigenvalue weighted by Crippen LogP contribution is -2.32. The van der Waals surface area contributed by atoms with Crippen molar-refractivity contribution in [3.05, 3.63) is 23.9 Å². The number of aliphatic carboxylic acids is 1. The molecule has 0 radical (unpaired) electrons. The van der Waals surface area contributed by atoms with Crippen LogP contribution in [-0.4, -0.2) is 47.5 Å². The Morgan fingerprint density at radius 1 is 1.37 bits per heavy atom. The molecule has 0 spiro atoms. The molecule has 0 aliphatic heterocycles. The number of nitrogens with one attached hydrogen (secondary N) is 1. The second kappa shape index (κ2) is 5.69. The summed E-state index contributed by atoms with van der Waals surface area (Å²) in [5, 5.41) is 11.9. The molecule has 0 unspecified atom stereocenters. The fourth-order valence-corrected chi connectivity index (χ4v) is 1.27. The van der Waals surface area contributed by atoms with Crippen molar-refractivity contribution in [2.45, 2.75) is 13.8 Å². The van der Waals surface area contributed by atoms with Crippen molar-refractivity contribution in [1.82, 2.24) is 9.88 Å². The molecule has 0 aromatic carbocycles. The summed E-state index contributed by atoms with van der Waals surface area (Å²) in [5.74, 6) is -0.450. The van der Waals surface area contributed by atoms with Gasteiger partial charge in [0.05, 0.1) is 11.0 Å². The lowest BCUT2D eigenvalue weighted by molar-refractivity contribution is -0.146. The van der Waals surface area contributed by atoms with Crippen LogP contribution in [0.4, 0.5) is 5.82 Å². The van der Waals surface area contributed by atoms with Crippen molar-refractivity contribution in [2.24, 2.45) is 5.41 Å². The fourth-order valence-electron chi connectivity index (χ4n) is 1.27. The first-order valence-corrected chi connectivity index (χ1v) is 5.89. The number of anilines is 1. The predicted octanol–water partition coefficient (Wildman–Crippen LogP) is 1.31. The predicted molar refractivity (Wildman–Crippen MR) is 72.2 cm³/mol. The maximum atomic E-state index is 11.6. The zero-order valence-electron chi connectivity index (χ0n) is 11.6. The fraction of sp³-hybridized carbons (Fsp3) is 0.462. The van der Waals surface area contributed by atoms with Gasteiger partial charge in [-0.1, -0.05) is 0 Å². The molecule has 1 amide bonds. The number of pyridine rings is 1. The molecule has 1 heterocycles. The summed E-state index contributed by atoms with van der Waals surface area (Å²) in [6.07, 6.45) is 1.47. The van der Waals surface area contributed by atoms with Gasteiger partial charge in [0.1, 0.15) is 5.82 Å². The van der Waals surface area contributed by atoms with Crippen LogP contribution in [0.25, 0.3) is 0 Å². The number of rotatable bonds is 5. The standard InChI is InChI=1S/C13H19N3O3/c1-13(2,12(18)19)8-15-10-6-5-9(7-14-10)11(17)16(3)4/h5-7H,8H2,1-4H3,(H,14,15)(H,18,19). The van der Waals surface area contributed by atoms with Gasteiger partial charge in [0.15, 0.2) is 0 Å². The van der Waals surface area contributed by atoms with Crippen LogP contribution in [0, 0.1) is 5.41 Å². The molecule has 0 aliphatic carbocycles. The molecular formula is C13H19N3O3. The third kappa shape index (κ3) is 3.94. The van der Waals surface area contributed by atoms with Gasteiger partial charge in [-0.3, -0.25) is 9.59 Å². The van der Waals surface area contributed by atoms with E-state index in [1.54, 1.807) is 40.1 Å². The zero-order valence-corrected chi connectivity index (χ0v) is 11.6. The molecule has 0 bridgehead atoms. The smallest absolute Gasteiger partial charge is 0.310 e. The maximum Gasteiger partial charge on any atom is 0.310 e. The Balaban J connectivity index is 2.68. The topological polar surface area (TPSA) is 82.5 Å². The van der Waals surface area contributed by atoms with Gasteiger partial charge < -0.3 is 15.3 Å². The first-order valence-electron chi connectivity index (χ1n) is 5.89. The lowest BCUT2D eigenvalue weighted by atomic mass is 9.94.